The Morgan fingerprint density at radius 3 is 1.62 bits per heavy atom. The van der Waals surface area contributed by atoms with Crippen LogP contribution in [-0.4, -0.2) is 0 Å². The van der Waals surface area contributed by atoms with E-state index in [0.717, 1.165) is 50.1 Å². The summed E-state index contributed by atoms with van der Waals surface area (Å²) in [5.41, 5.74) is 12.2. The van der Waals surface area contributed by atoms with Crippen molar-refractivity contribution >= 4 is 71.3 Å². The summed E-state index contributed by atoms with van der Waals surface area (Å²) in [5.74, 6) is 0. The number of benzene rings is 10. The van der Waals surface area contributed by atoms with E-state index in [9.17, 15) is 0 Å². The number of hydrogen-bond donors (Lipinski definition) is 0. The van der Waals surface area contributed by atoms with E-state index in [1.807, 2.05) is 12.1 Å². The smallest absolute Gasteiger partial charge is 0.135 e. The largest absolute Gasteiger partial charge is 0.456 e. The van der Waals surface area contributed by atoms with E-state index in [1.165, 1.54) is 54.6 Å². The standard InChI is InChI=1S/C54H35NO/c1-2-11-40-32-42(25-24-36(40)10-1)39-22-20-37(21-23-39)38-26-29-45(30-27-38)55(52-35-44-12-3-4-15-47(44)48-16-5-6-17-49(48)52)46-14-9-13-41(33-46)43-28-31-54-51(34-43)50-18-7-8-19-53(50)56-54/h1-35H. The molecule has 0 unspecified atom stereocenters. The Labute approximate surface area is 325 Å². The van der Waals surface area contributed by atoms with Gasteiger partial charge in [0.15, 0.2) is 0 Å². The molecular weight excluding hydrogens is 679 g/mol. The molecule has 0 saturated heterocycles. The first-order valence-corrected chi connectivity index (χ1v) is 19.2. The number of anilines is 3. The van der Waals surface area contributed by atoms with Gasteiger partial charge in [0.1, 0.15) is 11.2 Å². The molecule has 0 atom stereocenters. The summed E-state index contributed by atoms with van der Waals surface area (Å²) in [5, 5.41) is 9.68. The van der Waals surface area contributed by atoms with Crippen molar-refractivity contribution < 1.29 is 4.42 Å². The van der Waals surface area contributed by atoms with Gasteiger partial charge in [-0.1, -0.05) is 158 Å². The van der Waals surface area contributed by atoms with E-state index >= 15 is 0 Å². The fourth-order valence-corrected chi connectivity index (χ4v) is 8.40. The number of fused-ring (bicyclic) bond motifs is 7. The van der Waals surface area contributed by atoms with Crippen LogP contribution < -0.4 is 4.90 Å². The first kappa shape index (κ1) is 32.0. The van der Waals surface area contributed by atoms with Gasteiger partial charge in [0.05, 0.1) is 5.69 Å². The predicted molar refractivity (Wildman–Crippen MR) is 237 cm³/mol. The molecule has 10 aromatic carbocycles. The summed E-state index contributed by atoms with van der Waals surface area (Å²) in [6.45, 7) is 0. The van der Waals surface area contributed by atoms with Crippen molar-refractivity contribution in [2.45, 2.75) is 0 Å². The minimum Gasteiger partial charge on any atom is -0.456 e. The lowest BCUT2D eigenvalue weighted by Crippen LogP contribution is -2.10. The molecule has 0 fully saturated rings. The lowest BCUT2D eigenvalue weighted by atomic mass is 9.97. The third-order valence-electron chi connectivity index (χ3n) is 11.2. The third kappa shape index (κ3) is 5.51. The average Bonchev–Trinajstić information content (AvgIpc) is 3.65. The molecule has 0 aliphatic rings. The van der Waals surface area contributed by atoms with Gasteiger partial charge in [-0.15, -0.1) is 0 Å². The Hall–Kier alpha value is -7.42. The van der Waals surface area contributed by atoms with Crippen molar-refractivity contribution in [2.75, 3.05) is 4.90 Å². The second-order valence-corrected chi connectivity index (χ2v) is 14.5. The highest BCUT2D eigenvalue weighted by molar-refractivity contribution is 6.14. The first-order chi connectivity index (χ1) is 27.7. The summed E-state index contributed by atoms with van der Waals surface area (Å²) in [7, 11) is 0. The van der Waals surface area contributed by atoms with E-state index in [2.05, 4.69) is 205 Å². The van der Waals surface area contributed by atoms with Crippen molar-refractivity contribution in [1.82, 2.24) is 0 Å². The van der Waals surface area contributed by atoms with E-state index in [0.29, 0.717) is 0 Å². The zero-order chi connectivity index (χ0) is 37.0. The molecule has 0 aliphatic heterocycles. The molecule has 0 aliphatic carbocycles. The molecule has 11 aromatic rings. The Kier molecular flexibility index (Phi) is 7.53. The van der Waals surface area contributed by atoms with Gasteiger partial charge in [0, 0.05) is 27.5 Å². The van der Waals surface area contributed by atoms with Crippen molar-refractivity contribution in [1.29, 1.82) is 0 Å². The molecule has 11 rings (SSSR count). The van der Waals surface area contributed by atoms with Crippen LogP contribution in [0.3, 0.4) is 0 Å². The maximum atomic E-state index is 6.17. The fourth-order valence-electron chi connectivity index (χ4n) is 8.40. The monoisotopic (exact) mass is 713 g/mol. The van der Waals surface area contributed by atoms with E-state index in [1.54, 1.807) is 0 Å². The second-order valence-electron chi connectivity index (χ2n) is 14.5. The molecule has 1 aromatic heterocycles. The van der Waals surface area contributed by atoms with Crippen LogP contribution in [0.5, 0.6) is 0 Å². The summed E-state index contributed by atoms with van der Waals surface area (Å²) >= 11 is 0. The first-order valence-electron chi connectivity index (χ1n) is 19.2. The van der Waals surface area contributed by atoms with Crippen molar-refractivity contribution in [3.05, 3.63) is 212 Å². The van der Waals surface area contributed by atoms with Crippen molar-refractivity contribution in [2.24, 2.45) is 0 Å². The van der Waals surface area contributed by atoms with Gasteiger partial charge < -0.3 is 9.32 Å². The molecule has 2 heteroatoms. The van der Waals surface area contributed by atoms with Gasteiger partial charge in [-0.05, 0) is 115 Å². The van der Waals surface area contributed by atoms with Crippen molar-refractivity contribution in [3.63, 3.8) is 0 Å². The third-order valence-corrected chi connectivity index (χ3v) is 11.2. The summed E-state index contributed by atoms with van der Waals surface area (Å²) < 4.78 is 6.17. The van der Waals surface area contributed by atoms with Crippen LogP contribution in [0.4, 0.5) is 17.1 Å². The molecule has 0 N–H and O–H groups in total. The van der Waals surface area contributed by atoms with Gasteiger partial charge in [0.25, 0.3) is 0 Å². The van der Waals surface area contributed by atoms with Crippen LogP contribution in [0.1, 0.15) is 0 Å². The van der Waals surface area contributed by atoms with Crippen molar-refractivity contribution in [3.8, 4) is 33.4 Å². The quantitative estimate of drug-likeness (QED) is 0.160. The lowest BCUT2D eigenvalue weighted by Gasteiger charge is -2.28. The average molecular weight is 714 g/mol. The Balaban J connectivity index is 1.02. The molecule has 0 radical (unpaired) electrons. The highest BCUT2D eigenvalue weighted by atomic mass is 16.3. The lowest BCUT2D eigenvalue weighted by molar-refractivity contribution is 0.669. The minimum atomic E-state index is 0.902. The topological polar surface area (TPSA) is 16.4 Å². The number of nitrogens with zero attached hydrogens (tertiary/aromatic N) is 1. The van der Waals surface area contributed by atoms with E-state index < -0.39 is 0 Å². The van der Waals surface area contributed by atoms with Gasteiger partial charge >= 0.3 is 0 Å². The Morgan fingerprint density at radius 2 is 0.821 bits per heavy atom. The molecule has 1 heterocycles. The molecular formula is C54H35NO. The van der Waals surface area contributed by atoms with Gasteiger partial charge in [0.2, 0.25) is 0 Å². The van der Waals surface area contributed by atoms with Crippen LogP contribution in [0, 0.1) is 0 Å². The SMILES string of the molecule is c1cc(-c2ccc3oc4ccccc4c3c2)cc(N(c2ccc(-c3ccc(-c4ccc5ccccc5c4)cc3)cc2)c2cc3ccccc3c3ccccc23)c1. The zero-order valence-electron chi connectivity index (χ0n) is 30.6. The molecule has 0 amide bonds. The fraction of sp³-hybridized carbons (Fsp3) is 0. The molecule has 0 saturated carbocycles. The van der Waals surface area contributed by atoms with Crippen LogP contribution in [-0.2, 0) is 0 Å². The molecule has 262 valence electrons. The number of furan rings is 1. The molecule has 2 nitrogen and oxygen atoms in total. The zero-order valence-corrected chi connectivity index (χ0v) is 30.6. The summed E-state index contributed by atoms with van der Waals surface area (Å²) in [4.78, 5) is 2.41. The van der Waals surface area contributed by atoms with Crippen LogP contribution in [0.25, 0.3) is 87.6 Å². The highest BCUT2D eigenvalue weighted by Crippen LogP contribution is 2.44. The predicted octanol–water partition coefficient (Wildman–Crippen LogP) is 15.5. The normalized spacial score (nSPS) is 11.6. The van der Waals surface area contributed by atoms with Gasteiger partial charge in [-0.3, -0.25) is 0 Å². The van der Waals surface area contributed by atoms with Crippen LogP contribution >= 0.6 is 0 Å². The van der Waals surface area contributed by atoms with E-state index in [-0.39, 0.29) is 0 Å². The number of rotatable bonds is 6. The van der Waals surface area contributed by atoms with Gasteiger partial charge in [-0.25, -0.2) is 0 Å². The maximum Gasteiger partial charge on any atom is 0.135 e. The van der Waals surface area contributed by atoms with E-state index in [4.69, 9.17) is 4.42 Å². The van der Waals surface area contributed by atoms with Gasteiger partial charge in [-0.2, -0.15) is 0 Å². The molecule has 56 heavy (non-hydrogen) atoms. The van der Waals surface area contributed by atoms with Crippen LogP contribution in [0.2, 0.25) is 0 Å². The summed E-state index contributed by atoms with van der Waals surface area (Å²) in [6, 6.07) is 76.7. The summed E-state index contributed by atoms with van der Waals surface area (Å²) in [6.07, 6.45) is 0. The van der Waals surface area contributed by atoms with Crippen LogP contribution in [0.15, 0.2) is 217 Å². The number of hydrogen-bond acceptors (Lipinski definition) is 2. The molecule has 0 spiro atoms. The Bertz CT molecular complexity index is 3250. The maximum absolute atomic E-state index is 6.17. The minimum absolute atomic E-state index is 0.902. The number of para-hydroxylation sites is 1. The second kappa shape index (κ2) is 13.2. The Morgan fingerprint density at radius 1 is 0.268 bits per heavy atom. The molecule has 0 bridgehead atoms. The highest BCUT2D eigenvalue weighted by Gasteiger charge is 2.19.